The third kappa shape index (κ3) is 31.3. The summed E-state index contributed by atoms with van der Waals surface area (Å²) in [5, 5.41) is 0. The quantitative estimate of drug-likeness (QED) is 0.513. The zero-order valence-electron chi connectivity index (χ0n) is 8.62. The zero-order valence-corrected chi connectivity index (χ0v) is 17.1. The summed E-state index contributed by atoms with van der Waals surface area (Å²) < 4.78 is 0. The van der Waals surface area contributed by atoms with Gasteiger partial charge in [0.05, 0.1) is 0 Å². The molecule has 0 bridgehead atoms. The van der Waals surface area contributed by atoms with Gasteiger partial charge in [0.15, 0.2) is 0 Å². The molecule has 0 aliphatic heterocycles. The van der Waals surface area contributed by atoms with Gasteiger partial charge in [0.2, 0.25) is 0 Å². The number of hydrogen-bond acceptors (Lipinski definition) is 2. The van der Waals surface area contributed by atoms with Crippen molar-refractivity contribution < 1.29 is 108 Å². The molecule has 1 atom stereocenters. The largest absolute Gasteiger partial charge is 0.545 e. The van der Waals surface area contributed by atoms with Crippen molar-refractivity contribution >= 4 is 12.6 Å². The van der Waals surface area contributed by atoms with Crippen LogP contribution in [0.5, 0.6) is 0 Å². The normalized spacial score (nSPS) is 7.62. The van der Waals surface area contributed by atoms with Crippen LogP contribution in [0.2, 0.25) is 0 Å². The van der Waals surface area contributed by atoms with E-state index in [1.807, 2.05) is 6.92 Å². The molecule has 0 spiro atoms. The van der Waals surface area contributed by atoms with E-state index >= 15 is 0 Å². The molecule has 3 radical (unpaired) electrons. The molecule has 2 nitrogen and oxygen atoms in total. The van der Waals surface area contributed by atoms with Crippen molar-refractivity contribution in [2.45, 2.75) is 20.3 Å². The molecule has 0 saturated heterocycles. The van der Waals surface area contributed by atoms with Gasteiger partial charge >= 0.3 is 0 Å². The molecule has 0 N–H and O–H groups in total. The average Bonchev–Trinajstić information content (AvgIpc) is 1.91. The van der Waals surface area contributed by atoms with E-state index in [0.29, 0.717) is 0 Å². The Balaban J connectivity index is -0.0000000191. The number of ketones is 1. The second kappa shape index (κ2) is 29.3. The van der Waals surface area contributed by atoms with Gasteiger partial charge in [-0.15, -0.1) is 5.92 Å². The maximum atomic E-state index is 10.3. The Kier molecular flexibility index (Phi) is 81.3. The van der Waals surface area contributed by atoms with Crippen LogP contribution in [0.25, 0.3) is 0 Å². The van der Waals surface area contributed by atoms with Crippen LogP contribution in [-0.2, 0) is 108 Å². The monoisotopic (exact) mass is 410 g/mol. The minimum absolute atomic E-state index is 0. The predicted molar refractivity (Wildman–Crippen MR) is 43.0 cm³/mol. The summed E-state index contributed by atoms with van der Waals surface area (Å²) >= 11 is 0. The number of carbonyl (C=O) groups is 1. The molecule has 0 saturated carbocycles. The minimum atomic E-state index is 0. The fraction of sp³-hybridized carbons (Fsp3) is 0.500. The molecule has 13 heavy (non-hydrogen) atoms. The molecular weight excluding hydrogens is 395 g/mol. The van der Waals surface area contributed by atoms with E-state index in [2.05, 4.69) is 13.7 Å². The Morgan fingerprint density at radius 1 is 1.31 bits per heavy atom. The number of rotatable bonds is 2. The molecule has 0 heterocycles. The maximum absolute atomic E-state index is 10.3. The van der Waals surface area contributed by atoms with Crippen molar-refractivity contribution in [1.29, 1.82) is 0 Å². The van der Waals surface area contributed by atoms with Gasteiger partial charge in [-0.3, -0.25) is 6.79 Å². The molecule has 0 aliphatic rings. The summed E-state index contributed by atoms with van der Waals surface area (Å²) in [6, 6.07) is 0. The van der Waals surface area contributed by atoms with E-state index in [-0.39, 0.29) is 117 Å². The van der Waals surface area contributed by atoms with Crippen molar-refractivity contribution in [2.75, 3.05) is 0 Å². The van der Waals surface area contributed by atoms with Crippen LogP contribution >= 0.6 is 0 Å². The fourth-order valence-electron chi connectivity index (χ4n) is 0.287. The summed E-state index contributed by atoms with van der Waals surface area (Å²) in [4.78, 5) is 18.1. The van der Waals surface area contributed by atoms with Crippen LogP contribution in [0.4, 0.5) is 0 Å². The topological polar surface area (TPSA) is 34.1 Å². The van der Waals surface area contributed by atoms with Crippen LogP contribution in [0, 0.1) is 20.3 Å². The van der Waals surface area contributed by atoms with E-state index in [4.69, 9.17) is 4.79 Å². The molecule has 0 amide bonds. The van der Waals surface area contributed by atoms with Crippen molar-refractivity contribution in [3.8, 4) is 0 Å². The van der Waals surface area contributed by atoms with Gasteiger partial charge in [0.25, 0.3) is 0 Å². The molecular formula is C8H15O2Y3-3. The first-order valence-corrected chi connectivity index (χ1v) is 2.75. The summed E-state index contributed by atoms with van der Waals surface area (Å²) in [6.45, 7) is 10.4. The molecule has 71 valence electrons. The number of carbonyl (C=O) groups excluding carboxylic acids is 2. The first-order valence-electron chi connectivity index (χ1n) is 2.75. The Hall–Kier alpha value is 2.65. The smallest absolute Gasteiger partial charge is 0.103 e. The third-order valence-corrected chi connectivity index (χ3v) is 1.07. The fourth-order valence-corrected chi connectivity index (χ4v) is 0.287. The van der Waals surface area contributed by atoms with E-state index < -0.39 is 0 Å². The van der Waals surface area contributed by atoms with E-state index in [1.165, 1.54) is 0 Å². The first-order chi connectivity index (χ1) is 4.18. The predicted octanol–water partition coefficient (Wildman–Crippen LogP) is 1.60. The summed E-state index contributed by atoms with van der Waals surface area (Å²) in [5.74, 6) is 0.197. The third-order valence-electron chi connectivity index (χ3n) is 1.07. The molecule has 0 aromatic carbocycles. The summed E-state index contributed by atoms with van der Waals surface area (Å²) in [5.41, 5.74) is 0. The molecule has 5 heteroatoms. The SMILES string of the molecule is [CH-]=O.[CH2-]C(CC)C(C)=O.[CH3-].[Y].[Y].[Y]. The van der Waals surface area contributed by atoms with Gasteiger partial charge < -0.3 is 23.9 Å². The van der Waals surface area contributed by atoms with Crippen LogP contribution in [0.1, 0.15) is 20.3 Å². The van der Waals surface area contributed by atoms with Gasteiger partial charge in [0, 0.05) is 98.1 Å². The summed E-state index contributed by atoms with van der Waals surface area (Å²) in [7, 11) is 0. The van der Waals surface area contributed by atoms with E-state index in [1.54, 1.807) is 6.92 Å². The molecule has 1 unspecified atom stereocenters. The second-order valence-corrected chi connectivity index (χ2v) is 1.72. The van der Waals surface area contributed by atoms with Gasteiger partial charge in [-0.05, 0) is 6.92 Å². The molecule has 0 fully saturated rings. The molecule has 0 rings (SSSR count). The van der Waals surface area contributed by atoms with Crippen molar-refractivity contribution in [3.05, 3.63) is 14.4 Å². The van der Waals surface area contributed by atoms with Crippen molar-refractivity contribution in [3.63, 3.8) is 0 Å². The standard InChI is InChI=1S/C6H11O.CHO.CH3.3Y/c1-4-5(2)6(3)7;1-2;;;;/h5H,2,4H2,1,3H3;1H;1H3;;;/q3*-1;;;. The number of hydrogen-bond donors (Lipinski definition) is 0. The minimum Gasteiger partial charge on any atom is -0.545 e. The zero-order chi connectivity index (χ0) is 7.86. The van der Waals surface area contributed by atoms with Gasteiger partial charge in [0.1, 0.15) is 5.78 Å². The van der Waals surface area contributed by atoms with Crippen LogP contribution in [-0.4, -0.2) is 12.6 Å². The number of Topliss-reactive ketones (excluding diaryl/α,β-unsaturated/α-hetero) is 1. The average molecular weight is 410 g/mol. The van der Waals surface area contributed by atoms with E-state index in [9.17, 15) is 4.79 Å². The Morgan fingerprint density at radius 2 is 1.54 bits per heavy atom. The Labute approximate surface area is 158 Å². The molecule has 0 aromatic rings. The van der Waals surface area contributed by atoms with Gasteiger partial charge in [-0.1, -0.05) is 13.3 Å². The summed E-state index contributed by atoms with van der Waals surface area (Å²) in [6.07, 6.45) is 0.856. The Morgan fingerprint density at radius 3 is 1.54 bits per heavy atom. The maximum Gasteiger partial charge on any atom is 0.103 e. The van der Waals surface area contributed by atoms with Crippen molar-refractivity contribution in [2.24, 2.45) is 5.92 Å². The van der Waals surface area contributed by atoms with Crippen molar-refractivity contribution in [1.82, 2.24) is 0 Å². The van der Waals surface area contributed by atoms with Gasteiger partial charge in [-0.2, -0.15) is 0 Å². The van der Waals surface area contributed by atoms with Crippen LogP contribution in [0.3, 0.4) is 0 Å². The first kappa shape index (κ1) is 36.1. The Bertz CT molecular complexity index is 89.5. The van der Waals surface area contributed by atoms with Crippen LogP contribution in [0.15, 0.2) is 0 Å². The van der Waals surface area contributed by atoms with Crippen LogP contribution < -0.4 is 0 Å². The second-order valence-electron chi connectivity index (χ2n) is 1.72. The van der Waals surface area contributed by atoms with E-state index in [0.717, 1.165) is 6.42 Å². The molecule has 0 aromatic heterocycles. The van der Waals surface area contributed by atoms with Gasteiger partial charge in [-0.25, -0.2) is 0 Å². The molecule has 0 aliphatic carbocycles.